The number of carbonyl (C=O) groups is 2. The van der Waals surface area contributed by atoms with Gasteiger partial charge in [-0.2, -0.15) is 0 Å². The van der Waals surface area contributed by atoms with Crippen molar-refractivity contribution < 1.29 is 52.9 Å². The number of phosphoric acid groups is 1. The van der Waals surface area contributed by atoms with Gasteiger partial charge in [0.25, 0.3) is 0 Å². The average Bonchev–Trinajstić information content (AvgIpc) is 3.49. The first-order valence-electron chi connectivity index (χ1n) is 24.1. The summed E-state index contributed by atoms with van der Waals surface area (Å²) in [5, 5.41) is 31.3. The number of esters is 2. The molecule has 0 aliphatic heterocycles. The van der Waals surface area contributed by atoms with Gasteiger partial charge in [-0.15, -0.1) is 0 Å². The molecule has 1 aliphatic carbocycles. The van der Waals surface area contributed by atoms with Crippen LogP contribution in [0.3, 0.4) is 0 Å². The van der Waals surface area contributed by atoms with Gasteiger partial charge in [-0.1, -0.05) is 173 Å². The second-order valence-corrected chi connectivity index (χ2v) is 18.4. The maximum atomic E-state index is 12.7. The van der Waals surface area contributed by atoms with E-state index in [2.05, 4.69) is 13.8 Å². The van der Waals surface area contributed by atoms with Crippen molar-refractivity contribution >= 4 is 19.8 Å². The summed E-state index contributed by atoms with van der Waals surface area (Å²) in [5.41, 5.74) is 5.35. The fourth-order valence-electron chi connectivity index (χ4n) is 7.75. The lowest BCUT2D eigenvalue weighted by Crippen LogP contribution is -2.29. The Hall–Kier alpha value is -1.63. The molecule has 12 nitrogen and oxygen atoms in total. The highest BCUT2D eigenvalue weighted by molar-refractivity contribution is 7.47. The summed E-state index contributed by atoms with van der Waals surface area (Å²) >= 11 is 0. The van der Waals surface area contributed by atoms with Crippen LogP contribution in [0.5, 0.6) is 0 Å². The third-order valence-electron chi connectivity index (χ3n) is 11.4. The smallest absolute Gasteiger partial charge is 0.462 e. The molecule has 6 N–H and O–H groups in total. The lowest BCUT2D eigenvalue weighted by atomic mass is 9.89. The summed E-state index contributed by atoms with van der Waals surface area (Å²) in [6.45, 7) is 3.39. The minimum atomic E-state index is -4.44. The third kappa shape index (κ3) is 31.2. The lowest BCUT2D eigenvalue weighted by molar-refractivity contribution is -0.161. The van der Waals surface area contributed by atoms with Crippen LogP contribution in [0.15, 0.2) is 24.3 Å². The van der Waals surface area contributed by atoms with Gasteiger partial charge in [0, 0.05) is 31.7 Å². The van der Waals surface area contributed by atoms with Crippen LogP contribution in [-0.4, -0.2) is 82.9 Å². The van der Waals surface area contributed by atoms with E-state index in [9.17, 15) is 34.4 Å². The summed E-state index contributed by atoms with van der Waals surface area (Å²) in [4.78, 5) is 35.1. The molecular formula is C47H88NO11P. The first-order chi connectivity index (χ1) is 29.0. The van der Waals surface area contributed by atoms with E-state index in [0.29, 0.717) is 38.5 Å². The average molecular weight is 874 g/mol. The molecule has 0 spiro atoms. The Labute approximate surface area is 364 Å². The molecule has 0 amide bonds. The summed E-state index contributed by atoms with van der Waals surface area (Å²) in [6.07, 6.45) is 34.5. The Balaban J connectivity index is 2.33. The second kappa shape index (κ2) is 37.9. The molecule has 13 heteroatoms. The first kappa shape index (κ1) is 56.4. The number of phosphoric ester groups is 1. The van der Waals surface area contributed by atoms with Gasteiger partial charge in [-0.25, -0.2) is 4.57 Å². The molecule has 0 aromatic heterocycles. The van der Waals surface area contributed by atoms with Crippen LogP contribution in [0, 0.1) is 11.8 Å². The molecule has 0 bridgehead atoms. The van der Waals surface area contributed by atoms with Gasteiger partial charge in [0.05, 0.1) is 31.5 Å². The quantitative estimate of drug-likeness (QED) is 0.0169. The third-order valence-corrected chi connectivity index (χ3v) is 12.4. The van der Waals surface area contributed by atoms with Crippen LogP contribution < -0.4 is 5.73 Å². The largest absolute Gasteiger partial charge is 0.472 e. The summed E-state index contributed by atoms with van der Waals surface area (Å²) < 4.78 is 32.8. The van der Waals surface area contributed by atoms with Crippen molar-refractivity contribution in [3.05, 3.63) is 24.3 Å². The molecule has 1 unspecified atom stereocenters. The molecule has 60 heavy (non-hydrogen) atoms. The zero-order chi connectivity index (χ0) is 44.1. The van der Waals surface area contributed by atoms with Crippen LogP contribution in [0.25, 0.3) is 0 Å². The van der Waals surface area contributed by atoms with Crippen molar-refractivity contribution in [2.45, 2.75) is 224 Å². The standard InChI is InChI=1S/C47H88NO11P/c1-3-5-7-8-9-10-11-12-13-14-15-16-17-18-19-20-21-22-28-32-47(53)59-41(39-58-60(54,55)57-36-35-48)38-56-46(52)31-27-24-23-26-30-42-43(45(51)37-44(42)50)34-33-40(49)29-25-6-4-2/h23,26,33-34,40-45,49-51H,3-22,24-25,27-32,35-39,48H2,1-2H3,(H,54,55)/b26-23+,34-33+/t40-,41+,42+,43+,44-,45+/m0/s1. The predicted octanol–water partition coefficient (Wildman–Crippen LogP) is 10.3. The van der Waals surface area contributed by atoms with Crippen LogP contribution in [0.2, 0.25) is 0 Å². The van der Waals surface area contributed by atoms with Crippen molar-refractivity contribution in [1.82, 2.24) is 0 Å². The first-order valence-corrected chi connectivity index (χ1v) is 25.6. The molecule has 0 saturated heterocycles. The van der Waals surface area contributed by atoms with Gasteiger partial charge in [0.15, 0.2) is 6.10 Å². The van der Waals surface area contributed by atoms with Gasteiger partial charge < -0.3 is 35.4 Å². The van der Waals surface area contributed by atoms with Crippen LogP contribution in [0.1, 0.15) is 200 Å². The van der Waals surface area contributed by atoms with Crippen molar-refractivity contribution in [2.75, 3.05) is 26.4 Å². The fraction of sp³-hybridized carbons (Fsp3) is 0.872. The molecular weight excluding hydrogens is 785 g/mol. The number of unbranched alkanes of at least 4 members (excludes halogenated alkanes) is 21. The number of carbonyl (C=O) groups excluding carboxylic acids is 2. The highest BCUT2D eigenvalue weighted by Gasteiger charge is 2.39. The summed E-state index contributed by atoms with van der Waals surface area (Å²) in [5.74, 6) is -1.41. The van der Waals surface area contributed by atoms with Crippen molar-refractivity contribution in [3.8, 4) is 0 Å². The van der Waals surface area contributed by atoms with E-state index in [-0.39, 0.29) is 44.4 Å². The molecule has 1 rings (SSSR count). The molecule has 1 fully saturated rings. The molecule has 1 aliphatic rings. The Morgan fingerprint density at radius 3 is 1.80 bits per heavy atom. The SMILES string of the molecule is CCCCCCCCCCCCCCCCCCCCCC(=O)O[C@H](COC(=O)CCC/C=C/C[C@@H]1[C@@H](/C=C/[C@@H](O)CCCCC)[C@H](O)C[C@@H]1O)COP(=O)(O)OCCN. The molecule has 0 heterocycles. The van der Waals surface area contributed by atoms with Gasteiger partial charge in [-0.05, 0) is 38.0 Å². The number of nitrogens with two attached hydrogens (primary N) is 1. The van der Waals surface area contributed by atoms with Crippen molar-refractivity contribution in [3.63, 3.8) is 0 Å². The molecule has 0 radical (unpaired) electrons. The fourth-order valence-corrected chi connectivity index (χ4v) is 8.51. The van der Waals surface area contributed by atoms with E-state index in [4.69, 9.17) is 24.3 Å². The summed E-state index contributed by atoms with van der Waals surface area (Å²) in [6, 6.07) is 0. The number of rotatable bonds is 41. The van der Waals surface area contributed by atoms with Crippen LogP contribution >= 0.6 is 7.82 Å². The van der Waals surface area contributed by atoms with Crippen LogP contribution in [-0.2, 0) is 32.7 Å². The zero-order valence-electron chi connectivity index (χ0n) is 37.8. The lowest BCUT2D eigenvalue weighted by Gasteiger charge is -2.20. The zero-order valence-corrected chi connectivity index (χ0v) is 38.7. The van der Waals surface area contributed by atoms with Crippen molar-refractivity contribution in [2.24, 2.45) is 17.6 Å². The predicted molar refractivity (Wildman–Crippen MR) is 240 cm³/mol. The van der Waals surface area contributed by atoms with Gasteiger partial charge in [-0.3, -0.25) is 18.6 Å². The monoisotopic (exact) mass is 874 g/mol. The van der Waals surface area contributed by atoms with Gasteiger partial charge >= 0.3 is 19.8 Å². The molecule has 0 aromatic rings. The van der Waals surface area contributed by atoms with Gasteiger partial charge in [0.2, 0.25) is 0 Å². The Kier molecular flexibility index (Phi) is 35.6. The number of hydrogen-bond donors (Lipinski definition) is 5. The minimum Gasteiger partial charge on any atom is -0.462 e. The molecule has 7 atom stereocenters. The highest BCUT2D eigenvalue weighted by Crippen LogP contribution is 2.43. The molecule has 1 saturated carbocycles. The maximum absolute atomic E-state index is 12.7. The van der Waals surface area contributed by atoms with Crippen LogP contribution in [0.4, 0.5) is 0 Å². The number of allylic oxidation sites excluding steroid dienone is 2. The number of hydrogen-bond acceptors (Lipinski definition) is 11. The van der Waals surface area contributed by atoms with E-state index < -0.39 is 50.8 Å². The normalized spacial score (nSPS) is 20.2. The second-order valence-electron chi connectivity index (χ2n) is 17.0. The van der Waals surface area contributed by atoms with E-state index in [1.165, 1.54) is 96.3 Å². The molecule has 0 aromatic carbocycles. The Bertz CT molecular complexity index is 1150. The topological polar surface area (TPSA) is 195 Å². The summed E-state index contributed by atoms with van der Waals surface area (Å²) in [7, 11) is -4.44. The van der Waals surface area contributed by atoms with E-state index in [1.54, 1.807) is 6.08 Å². The van der Waals surface area contributed by atoms with E-state index in [1.807, 2.05) is 18.2 Å². The highest BCUT2D eigenvalue weighted by atomic mass is 31.2. The maximum Gasteiger partial charge on any atom is 0.472 e. The molecule has 352 valence electrons. The minimum absolute atomic E-state index is 0.0202. The van der Waals surface area contributed by atoms with Gasteiger partial charge in [0.1, 0.15) is 6.61 Å². The van der Waals surface area contributed by atoms with E-state index in [0.717, 1.165) is 38.5 Å². The Morgan fingerprint density at radius 1 is 0.700 bits per heavy atom. The van der Waals surface area contributed by atoms with E-state index >= 15 is 0 Å². The number of aliphatic hydroxyl groups excluding tert-OH is 3. The number of ether oxygens (including phenoxy) is 2. The number of aliphatic hydroxyl groups is 3. The van der Waals surface area contributed by atoms with Crippen molar-refractivity contribution in [1.29, 1.82) is 0 Å². The Morgan fingerprint density at radius 2 is 1.23 bits per heavy atom.